The molecule has 26 heavy (non-hydrogen) atoms. The summed E-state index contributed by atoms with van der Waals surface area (Å²) in [6.07, 6.45) is 2.54. The summed E-state index contributed by atoms with van der Waals surface area (Å²) in [5.74, 6) is 1.77. The Morgan fingerprint density at radius 3 is 2.50 bits per heavy atom. The number of benzene rings is 2. The average molecular weight is 397 g/mol. The van der Waals surface area contributed by atoms with Crippen LogP contribution in [0.4, 0.5) is 5.69 Å². The van der Waals surface area contributed by atoms with Gasteiger partial charge in [0.25, 0.3) is 0 Å². The van der Waals surface area contributed by atoms with Gasteiger partial charge in [-0.2, -0.15) is 5.10 Å². The predicted octanol–water partition coefficient (Wildman–Crippen LogP) is 5.64. The third-order valence-electron chi connectivity index (χ3n) is 3.34. The lowest BCUT2D eigenvalue weighted by atomic mass is 10.2. The van der Waals surface area contributed by atoms with E-state index in [1.807, 2.05) is 26.0 Å². The lowest BCUT2D eigenvalue weighted by Crippen LogP contribution is -2.02. The molecule has 0 unspecified atom stereocenters. The molecule has 5 nitrogen and oxygen atoms in total. The number of rotatable bonds is 9. The third-order valence-corrected chi connectivity index (χ3v) is 3.92. The summed E-state index contributed by atoms with van der Waals surface area (Å²) in [6, 6.07) is 8.94. The van der Waals surface area contributed by atoms with E-state index in [0.29, 0.717) is 40.5 Å². The van der Waals surface area contributed by atoms with Crippen molar-refractivity contribution in [2.24, 2.45) is 5.10 Å². The maximum Gasteiger partial charge on any atom is 0.179 e. The van der Waals surface area contributed by atoms with Crippen LogP contribution in [0.3, 0.4) is 0 Å². The molecule has 7 heteroatoms. The molecule has 2 rings (SSSR count). The summed E-state index contributed by atoms with van der Waals surface area (Å²) in [4.78, 5) is 0. The highest BCUT2D eigenvalue weighted by Crippen LogP contribution is 2.36. The number of anilines is 1. The van der Waals surface area contributed by atoms with Gasteiger partial charge in [0, 0.05) is 0 Å². The van der Waals surface area contributed by atoms with Gasteiger partial charge in [0.15, 0.2) is 11.5 Å². The highest BCUT2D eigenvalue weighted by molar-refractivity contribution is 6.32. The van der Waals surface area contributed by atoms with Gasteiger partial charge in [0.1, 0.15) is 5.75 Å². The molecule has 0 radical (unpaired) electrons. The standard InChI is InChI=1S/C19H22Cl2N2O3/c1-4-8-26-19-16(21)9-13(10-18(19)25-5-2)12-22-23-14-6-7-17(24-3)15(20)11-14/h6-7,9-12,23H,4-5,8H2,1-3H3/b22-12+. The van der Waals surface area contributed by atoms with Gasteiger partial charge in [-0.25, -0.2) is 0 Å². The van der Waals surface area contributed by atoms with Gasteiger partial charge >= 0.3 is 0 Å². The molecule has 0 saturated heterocycles. The molecule has 0 heterocycles. The zero-order chi connectivity index (χ0) is 18.9. The smallest absolute Gasteiger partial charge is 0.179 e. The summed E-state index contributed by atoms with van der Waals surface area (Å²) in [6.45, 7) is 5.04. The van der Waals surface area contributed by atoms with Gasteiger partial charge in [-0.05, 0) is 49.2 Å². The van der Waals surface area contributed by atoms with Gasteiger partial charge in [-0.1, -0.05) is 30.1 Å². The monoisotopic (exact) mass is 396 g/mol. The fourth-order valence-corrected chi connectivity index (χ4v) is 2.72. The first-order valence-electron chi connectivity index (χ1n) is 8.30. The summed E-state index contributed by atoms with van der Waals surface area (Å²) in [7, 11) is 1.57. The number of hydrazone groups is 1. The van der Waals surface area contributed by atoms with Crippen LogP contribution >= 0.6 is 23.2 Å². The maximum atomic E-state index is 6.34. The molecule has 1 N–H and O–H groups in total. The lowest BCUT2D eigenvalue weighted by molar-refractivity contribution is 0.277. The zero-order valence-corrected chi connectivity index (χ0v) is 16.5. The summed E-state index contributed by atoms with van der Waals surface area (Å²) < 4.78 is 16.5. The van der Waals surface area contributed by atoms with Crippen LogP contribution in [0.2, 0.25) is 10.0 Å². The van der Waals surface area contributed by atoms with Crippen LogP contribution in [0.25, 0.3) is 0 Å². The Bertz CT molecular complexity index is 767. The fraction of sp³-hybridized carbons (Fsp3) is 0.316. The van der Waals surface area contributed by atoms with Crippen molar-refractivity contribution in [3.8, 4) is 17.2 Å². The predicted molar refractivity (Wildman–Crippen MR) is 108 cm³/mol. The normalized spacial score (nSPS) is 10.8. The van der Waals surface area contributed by atoms with Crippen molar-refractivity contribution in [2.75, 3.05) is 25.7 Å². The van der Waals surface area contributed by atoms with Crippen LogP contribution in [-0.4, -0.2) is 26.5 Å². The molecule has 0 aliphatic heterocycles. The van der Waals surface area contributed by atoms with Crippen molar-refractivity contribution in [1.82, 2.24) is 0 Å². The Balaban J connectivity index is 2.15. The average Bonchev–Trinajstić information content (AvgIpc) is 2.61. The largest absolute Gasteiger partial charge is 0.495 e. The molecule has 0 saturated carbocycles. The summed E-state index contributed by atoms with van der Waals surface area (Å²) >= 11 is 12.4. The molecule has 0 aliphatic rings. The van der Waals surface area contributed by atoms with Crippen molar-refractivity contribution in [1.29, 1.82) is 0 Å². The maximum absolute atomic E-state index is 6.34. The minimum absolute atomic E-state index is 0.485. The Morgan fingerprint density at radius 1 is 1.04 bits per heavy atom. The van der Waals surface area contributed by atoms with Crippen molar-refractivity contribution >= 4 is 35.1 Å². The molecule has 0 aromatic heterocycles. The Morgan fingerprint density at radius 2 is 1.85 bits per heavy atom. The number of hydrogen-bond donors (Lipinski definition) is 1. The van der Waals surface area contributed by atoms with E-state index in [0.717, 1.165) is 17.7 Å². The van der Waals surface area contributed by atoms with Gasteiger partial charge < -0.3 is 14.2 Å². The first-order valence-corrected chi connectivity index (χ1v) is 9.06. The van der Waals surface area contributed by atoms with E-state index in [1.165, 1.54) is 0 Å². The highest BCUT2D eigenvalue weighted by Gasteiger charge is 2.12. The van der Waals surface area contributed by atoms with E-state index in [-0.39, 0.29) is 0 Å². The number of ether oxygens (including phenoxy) is 3. The zero-order valence-electron chi connectivity index (χ0n) is 15.0. The molecule has 0 atom stereocenters. The number of nitrogens with one attached hydrogen (secondary N) is 1. The van der Waals surface area contributed by atoms with Crippen LogP contribution in [0, 0.1) is 0 Å². The van der Waals surface area contributed by atoms with Crippen molar-refractivity contribution < 1.29 is 14.2 Å². The minimum atomic E-state index is 0.485. The molecular weight excluding hydrogens is 375 g/mol. The number of nitrogens with zero attached hydrogens (tertiary/aromatic N) is 1. The van der Waals surface area contributed by atoms with E-state index < -0.39 is 0 Å². The van der Waals surface area contributed by atoms with E-state index in [4.69, 9.17) is 37.4 Å². The summed E-state index contributed by atoms with van der Waals surface area (Å²) in [5, 5.41) is 5.20. The van der Waals surface area contributed by atoms with Crippen LogP contribution in [0.15, 0.2) is 35.4 Å². The van der Waals surface area contributed by atoms with Gasteiger partial charge in [-0.3, -0.25) is 5.43 Å². The number of halogens is 2. The quantitative estimate of drug-likeness (QED) is 0.440. The van der Waals surface area contributed by atoms with Crippen LogP contribution in [-0.2, 0) is 0 Å². The van der Waals surface area contributed by atoms with E-state index in [1.54, 1.807) is 31.5 Å². The second-order valence-corrected chi connectivity index (χ2v) is 6.15. The lowest BCUT2D eigenvalue weighted by Gasteiger charge is -2.13. The van der Waals surface area contributed by atoms with Gasteiger partial charge in [0.05, 0.1) is 42.3 Å². The van der Waals surface area contributed by atoms with Crippen LogP contribution < -0.4 is 19.6 Å². The third kappa shape index (κ3) is 5.44. The Kier molecular flexibility index (Phi) is 7.88. The topological polar surface area (TPSA) is 52.1 Å². The van der Waals surface area contributed by atoms with Gasteiger partial charge in [0.2, 0.25) is 0 Å². The second-order valence-electron chi connectivity index (χ2n) is 5.33. The SMILES string of the molecule is CCCOc1c(Cl)cc(/C=N/Nc2ccc(OC)c(Cl)c2)cc1OCC. The number of methoxy groups -OCH3 is 1. The van der Waals surface area contributed by atoms with Crippen LogP contribution in [0.1, 0.15) is 25.8 Å². The van der Waals surface area contributed by atoms with E-state index >= 15 is 0 Å². The molecule has 0 spiro atoms. The van der Waals surface area contributed by atoms with E-state index in [9.17, 15) is 0 Å². The molecular formula is C19H22Cl2N2O3. The molecule has 2 aromatic carbocycles. The number of hydrogen-bond acceptors (Lipinski definition) is 5. The van der Waals surface area contributed by atoms with Crippen LogP contribution in [0.5, 0.6) is 17.2 Å². The Hall–Kier alpha value is -2.11. The second kappa shape index (κ2) is 10.1. The van der Waals surface area contributed by atoms with Gasteiger partial charge in [-0.15, -0.1) is 0 Å². The molecule has 0 aliphatic carbocycles. The van der Waals surface area contributed by atoms with Crippen molar-refractivity contribution in [2.45, 2.75) is 20.3 Å². The fourth-order valence-electron chi connectivity index (χ4n) is 2.19. The first kappa shape index (κ1) is 20.2. The molecule has 0 bridgehead atoms. The molecule has 140 valence electrons. The molecule has 0 fully saturated rings. The van der Waals surface area contributed by atoms with Crippen molar-refractivity contribution in [3.63, 3.8) is 0 Å². The first-order chi connectivity index (χ1) is 12.6. The highest BCUT2D eigenvalue weighted by atomic mass is 35.5. The van der Waals surface area contributed by atoms with E-state index in [2.05, 4.69) is 10.5 Å². The molecule has 0 amide bonds. The Labute approximate surface area is 163 Å². The summed E-state index contributed by atoms with van der Waals surface area (Å²) in [5.41, 5.74) is 4.45. The van der Waals surface area contributed by atoms with Crippen molar-refractivity contribution in [3.05, 3.63) is 45.9 Å². The molecule has 2 aromatic rings. The minimum Gasteiger partial charge on any atom is -0.495 e.